The van der Waals surface area contributed by atoms with E-state index in [1.165, 1.54) is 0 Å². The molecule has 1 aliphatic heterocycles. The van der Waals surface area contributed by atoms with Gasteiger partial charge in [0, 0.05) is 10.0 Å². The minimum Gasteiger partial charge on any atom is -0.490 e. The van der Waals surface area contributed by atoms with Crippen LogP contribution in [0.5, 0.6) is 5.75 Å². The summed E-state index contributed by atoms with van der Waals surface area (Å²) in [6, 6.07) is 13.1. The van der Waals surface area contributed by atoms with Crippen LogP contribution in [0.2, 0.25) is 0 Å². The highest BCUT2D eigenvalue weighted by molar-refractivity contribution is 9.10. The van der Waals surface area contributed by atoms with Crippen LogP contribution in [0.15, 0.2) is 46.9 Å². The molecule has 2 aromatic rings. The van der Waals surface area contributed by atoms with Gasteiger partial charge in [0.2, 0.25) is 0 Å². The predicted molar refractivity (Wildman–Crippen MR) is 84.0 cm³/mol. The molecule has 3 nitrogen and oxygen atoms in total. The van der Waals surface area contributed by atoms with Crippen LogP contribution < -0.4 is 4.74 Å². The Bertz CT molecular complexity index is 677. The number of hydrogen-bond acceptors (Lipinski definition) is 3. The van der Waals surface area contributed by atoms with E-state index < -0.39 is 0 Å². The van der Waals surface area contributed by atoms with E-state index in [0.717, 1.165) is 16.6 Å². The Morgan fingerprint density at radius 2 is 2.14 bits per heavy atom. The minimum absolute atomic E-state index is 0.0354. The fourth-order valence-electron chi connectivity index (χ4n) is 2.09. The second-order valence-electron chi connectivity index (χ2n) is 5.11. The molecule has 0 spiro atoms. The molecule has 1 heterocycles. The molecule has 21 heavy (non-hydrogen) atoms. The number of hydrogen-bond donors (Lipinski definition) is 0. The minimum atomic E-state index is -0.0354. The fraction of sp³-hybridized carbons (Fsp3) is 0.235. The van der Waals surface area contributed by atoms with Gasteiger partial charge in [0.05, 0.1) is 12.2 Å². The molecule has 0 amide bonds. The summed E-state index contributed by atoms with van der Waals surface area (Å²) >= 11 is 3.41. The summed E-state index contributed by atoms with van der Waals surface area (Å²) < 4.78 is 11.7. The lowest BCUT2D eigenvalue weighted by Crippen LogP contribution is -2.09. The first-order valence-electron chi connectivity index (χ1n) is 6.79. The lowest BCUT2D eigenvalue weighted by atomic mass is 10.0. The van der Waals surface area contributed by atoms with E-state index in [2.05, 4.69) is 15.9 Å². The number of rotatable bonds is 5. The molecule has 0 aromatic heterocycles. The van der Waals surface area contributed by atoms with E-state index in [-0.39, 0.29) is 11.9 Å². The van der Waals surface area contributed by atoms with E-state index in [0.29, 0.717) is 23.5 Å². The first kappa shape index (κ1) is 14.3. The molecule has 0 bridgehead atoms. The number of carbonyl (C=O) groups is 1. The lowest BCUT2D eigenvalue weighted by Gasteiger charge is -2.11. The van der Waals surface area contributed by atoms with Gasteiger partial charge in [-0.3, -0.25) is 4.79 Å². The van der Waals surface area contributed by atoms with Gasteiger partial charge >= 0.3 is 0 Å². The van der Waals surface area contributed by atoms with Gasteiger partial charge in [-0.25, -0.2) is 0 Å². The Morgan fingerprint density at radius 3 is 2.86 bits per heavy atom. The molecule has 1 saturated heterocycles. The Morgan fingerprint density at radius 1 is 1.33 bits per heavy atom. The molecule has 0 N–H and O–H groups in total. The molecular formula is C17H15BrO3. The van der Waals surface area contributed by atoms with E-state index in [1.54, 1.807) is 6.07 Å². The van der Waals surface area contributed by atoms with Crippen LogP contribution in [0.4, 0.5) is 0 Å². The summed E-state index contributed by atoms with van der Waals surface area (Å²) in [4.78, 5) is 12.7. The van der Waals surface area contributed by atoms with Gasteiger partial charge in [0.15, 0.2) is 5.78 Å². The van der Waals surface area contributed by atoms with E-state index in [9.17, 15) is 4.79 Å². The molecule has 3 rings (SSSR count). The van der Waals surface area contributed by atoms with Crippen molar-refractivity contribution in [3.05, 3.63) is 63.6 Å². The number of halogens is 1. The van der Waals surface area contributed by atoms with Crippen molar-refractivity contribution in [2.24, 2.45) is 0 Å². The maximum absolute atomic E-state index is 12.7. The van der Waals surface area contributed by atoms with Crippen molar-refractivity contribution in [1.82, 2.24) is 0 Å². The zero-order valence-corrected chi connectivity index (χ0v) is 13.2. The van der Waals surface area contributed by atoms with Crippen LogP contribution in [-0.2, 0) is 4.74 Å². The quantitative estimate of drug-likeness (QED) is 0.611. The molecular weight excluding hydrogens is 332 g/mol. The van der Waals surface area contributed by atoms with Gasteiger partial charge < -0.3 is 9.47 Å². The smallest absolute Gasteiger partial charge is 0.196 e. The normalized spacial score (nSPS) is 16.6. The van der Waals surface area contributed by atoms with Crippen molar-refractivity contribution in [3.63, 3.8) is 0 Å². The summed E-state index contributed by atoms with van der Waals surface area (Å²) in [5.41, 5.74) is 2.29. The maximum atomic E-state index is 12.7. The maximum Gasteiger partial charge on any atom is 0.196 e. The van der Waals surface area contributed by atoms with Crippen molar-refractivity contribution in [2.45, 2.75) is 13.0 Å². The van der Waals surface area contributed by atoms with Crippen LogP contribution in [-0.4, -0.2) is 25.1 Å². The number of ketones is 1. The Balaban J connectivity index is 1.91. The van der Waals surface area contributed by atoms with Gasteiger partial charge in [0.1, 0.15) is 18.5 Å². The van der Waals surface area contributed by atoms with Crippen molar-refractivity contribution in [2.75, 3.05) is 13.2 Å². The van der Waals surface area contributed by atoms with Gasteiger partial charge in [-0.05, 0) is 31.2 Å². The molecule has 1 atom stereocenters. The predicted octanol–water partition coefficient (Wildman–Crippen LogP) is 3.77. The molecule has 0 radical (unpaired) electrons. The number of carbonyl (C=O) groups excluding carboxylic acids is 1. The second-order valence-corrected chi connectivity index (χ2v) is 6.02. The summed E-state index contributed by atoms with van der Waals surface area (Å²) in [6.45, 7) is 3.19. The molecule has 1 fully saturated rings. The third-order valence-electron chi connectivity index (χ3n) is 3.29. The highest BCUT2D eigenvalue weighted by atomic mass is 79.9. The average Bonchev–Trinajstić information content (AvgIpc) is 3.29. The Labute approximate surface area is 132 Å². The topological polar surface area (TPSA) is 38.8 Å². The second kappa shape index (κ2) is 6.00. The largest absolute Gasteiger partial charge is 0.490 e. The van der Waals surface area contributed by atoms with Gasteiger partial charge in [-0.1, -0.05) is 39.7 Å². The first-order chi connectivity index (χ1) is 10.1. The van der Waals surface area contributed by atoms with Crippen LogP contribution in [0.1, 0.15) is 21.5 Å². The summed E-state index contributed by atoms with van der Waals surface area (Å²) in [5.74, 6) is 0.562. The third-order valence-corrected chi connectivity index (χ3v) is 3.79. The van der Waals surface area contributed by atoms with Crippen molar-refractivity contribution < 1.29 is 14.3 Å². The van der Waals surface area contributed by atoms with Gasteiger partial charge in [-0.15, -0.1) is 0 Å². The summed E-state index contributed by atoms with van der Waals surface area (Å²) in [6.07, 6.45) is 0.163. The Kier molecular flexibility index (Phi) is 4.08. The summed E-state index contributed by atoms with van der Waals surface area (Å²) in [7, 11) is 0. The van der Waals surface area contributed by atoms with Crippen LogP contribution in [0.3, 0.4) is 0 Å². The molecule has 4 heteroatoms. The van der Waals surface area contributed by atoms with Crippen LogP contribution in [0, 0.1) is 6.92 Å². The zero-order chi connectivity index (χ0) is 14.8. The number of benzene rings is 2. The molecule has 108 valence electrons. The third kappa shape index (κ3) is 3.52. The van der Waals surface area contributed by atoms with Crippen molar-refractivity contribution >= 4 is 21.7 Å². The Hall–Kier alpha value is -1.65. The monoisotopic (exact) mass is 346 g/mol. The average molecular weight is 347 g/mol. The number of ether oxygens (including phenoxy) is 2. The number of epoxide rings is 1. The molecule has 2 aromatic carbocycles. The van der Waals surface area contributed by atoms with Crippen LogP contribution in [0.25, 0.3) is 0 Å². The SMILES string of the molecule is Cc1cccc(C(=O)c2cc(Br)ccc2OCC2CO2)c1. The molecule has 0 saturated carbocycles. The molecule has 0 aliphatic carbocycles. The van der Waals surface area contributed by atoms with Gasteiger partial charge in [0.25, 0.3) is 0 Å². The zero-order valence-electron chi connectivity index (χ0n) is 11.6. The van der Waals surface area contributed by atoms with E-state index in [4.69, 9.17) is 9.47 Å². The summed E-state index contributed by atoms with van der Waals surface area (Å²) in [5, 5.41) is 0. The van der Waals surface area contributed by atoms with E-state index >= 15 is 0 Å². The fourth-order valence-corrected chi connectivity index (χ4v) is 2.46. The first-order valence-corrected chi connectivity index (χ1v) is 7.58. The molecule has 1 aliphatic rings. The van der Waals surface area contributed by atoms with Crippen LogP contribution >= 0.6 is 15.9 Å². The standard InChI is InChI=1S/C17H15BrO3/c1-11-3-2-4-12(7-11)17(19)15-8-13(18)5-6-16(15)21-10-14-9-20-14/h2-8,14H,9-10H2,1H3. The highest BCUT2D eigenvalue weighted by Crippen LogP contribution is 2.27. The van der Waals surface area contributed by atoms with Crippen molar-refractivity contribution in [1.29, 1.82) is 0 Å². The number of aryl methyl sites for hydroxylation is 1. The van der Waals surface area contributed by atoms with Gasteiger partial charge in [-0.2, -0.15) is 0 Å². The molecule has 1 unspecified atom stereocenters. The lowest BCUT2D eigenvalue weighted by molar-refractivity contribution is 0.103. The van der Waals surface area contributed by atoms with E-state index in [1.807, 2.05) is 43.3 Å². The van der Waals surface area contributed by atoms with Crippen molar-refractivity contribution in [3.8, 4) is 5.75 Å². The highest BCUT2D eigenvalue weighted by Gasteiger charge is 2.24.